The van der Waals surface area contributed by atoms with Crippen LogP contribution in [-0.2, 0) is 4.74 Å². The largest absolute Gasteiger partial charge is 0.381 e. The third-order valence-electron chi connectivity index (χ3n) is 8.07. The molecule has 0 saturated carbocycles. The fraction of sp³-hybridized carbons (Fsp3) is 0.900. The minimum absolute atomic E-state index is 0. The summed E-state index contributed by atoms with van der Waals surface area (Å²) in [4.78, 5) is 22.9. The number of hydrogen-bond donors (Lipinski definition) is 1. The van der Waals surface area contributed by atoms with Crippen LogP contribution < -0.4 is 5.32 Å². The van der Waals surface area contributed by atoms with Gasteiger partial charge in [-0.1, -0.05) is 13.8 Å². The van der Waals surface area contributed by atoms with Crippen LogP contribution in [0.15, 0.2) is 15.0 Å². The molecule has 13 heteroatoms. The van der Waals surface area contributed by atoms with Crippen molar-refractivity contribution in [3.8, 4) is 0 Å². The summed E-state index contributed by atoms with van der Waals surface area (Å²) in [6.07, 6.45) is 15.6. The first-order valence-corrected chi connectivity index (χ1v) is 15.7. The number of nitrogens with one attached hydrogen (secondary N) is 1. The van der Waals surface area contributed by atoms with E-state index >= 15 is 0 Å². The van der Waals surface area contributed by atoms with E-state index in [-0.39, 0.29) is 31.1 Å². The molecule has 0 aliphatic carbocycles. The van der Waals surface area contributed by atoms with E-state index in [1.54, 1.807) is 0 Å². The molecular formula is C30H62B3N8OU. The van der Waals surface area contributed by atoms with E-state index in [1.165, 1.54) is 142 Å². The number of amidine groups is 1. The van der Waals surface area contributed by atoms with Crippen molar-refractivity contribution in [2.75, 3.05) is 92.3 Å². The third kappa shape index (κ3) is 15.9. The zero-order valence-corrected chi connectivity index (χ0v) is 31.6. The maximum atomic E-state index is 5.75. The molecule has 0 aromatic rings. The zero-order chi connectivity index (χ0) is 35.0. The van der Waals surface area contributed by atoms with E-state index in [2.05, 4.69) is 63.7 Å². The van der Waals surface area contributed by atoms with E-state index in [0.29, 0.717) is 8.34 Å². The predicted molar refractivity (Wildman–Crippen MR) is 188 cm³/mol. The second-order valence-corrected chi connectivity index (χ2v) is 11.2. The third-order valence-corrected chi connectivity index (χ3v) is 8.07. The summed E-state index contributed by atoms with van der Waals surface area (Å²) in [7, 11) is 11.4. The molecule has 5 radical (unpaired) electrons. The normalized spacial score (nSPS) is 22.7. The maximum Gasteiger partial charge on any atom is 0.196 e. The Morgan fingerprint density at radius 2 is 1.35 bits per heavy atom. The Morgan fingerprint density at radius 3 is 2.00 bits per heavy atom. The Kier molecular flexibility index (Phi) is 21.6. The van der Waals surface area contributed by atoms with Gasteiger partial charge in [0.15, 0.2) is 11.9 Å². The monoisotopic (exact) mass is 829 g/mol. The summed E-state index contributed by atoms with van der Waals surface area (Å²) in [6.45, 7) is 14.7. The topological polar surface area (TPSA) is 71.3 Å². The molecule has 9 nitrogen and oxygen atoms in total. The quantitative estimate of drug-likeness (QED) is 0.376. The van der Waals surface area contributed by atoms with Crippen molar-refractivity contribution < 1.29 is 37.2 Å². The zero-order valence-electron chi connectivity index (χ0n) is 32.4. The minimum atomic E-state index is 0. The van der Waals surface area contributed by atoms with Crippen LogP contribution in [0.1, 0.15) is 85.8 Å². The molecule has 0 atom stereocenters. The van der Waals surface area contributed by atoms with Crippen molar-refractivity contribution in [2.45, 2.75) is 84.5 Å². The van der Waals surface area contributed by atoms with Gasteiger partial charge in [-0.3, -0.25) is 15.0 Å². The van der Waals surface area contributed by atoms with Gasteiger partial charge in [0.05, 0.1) is 14.2 Å². The van der Waals surface area contributed by atoms with Gasteiger partial charge in [0.1, 0.15) is 0 Å². The van der Waals surface area contributed by atoms with Crippen LogP contribution in [0.4, 0.5) is 0 Å². The Bertz CT molecular complexity index is 815. The maximum absolute atomic E-state index is 5.75. The van der Waals surface area contributed by atoms with Gasteiger partial charge in [0.25, 0.3) is 0 Å². The van der Waals surface area contributed by atoms with Crippen LogP contribution in [0, 0.1) is 31.1 Å². The summed E-state index contributed by atoms with van der Waals surface area (Å²) in [5.74, 6) is 3.76. The molecule has 7 aliphatic heterocycles. The number of rotatable bonds is 0. The Balaban J connectivity index is 0. The summed E-state index contributed by atoms with van der Waals surface area (Å²) < 4.78 is 32.8. The van der Waals surface area contributed by atoms with Crippen LogP contribution in [0.2, 0.25) is 0 Å². The molecule has 4 saturated heterocycles. The van der Waals surface area contributed by atoms with Gasteiger partial charge in [-0.05, 0) is 69.6 Å². The van der Waals surface area contributed by atoms with Crippen LogP contribution in [0.5, 0.6) is 0 Å². The number of ether oxygens (including phenoxy) is 1. The van der Waals surface area contributed by atoms with Gasteiger partial charge >= 0.3 is 0 Å². The predicted octanol–water partition coefficient (Wildman–Crippen LogP) is 1.70. The van der Waals surface area contributed by atoms with Crippen molar-refractivity contribution >= 4 is 42.8 Å². The van der Waals surface area contributed by atoms with Crippen LogP contribution in [-0.4, -0.2) is 160 Å². The van der Waals surface area contributed by atoms with E-state index in [4.69, 9.17) is 11.5 Å². The van der Waals surface area contributed by atoms with E-state index < -0.39 is 0 Å². The second kappa shape index (κ2) is 26.4. The van der Waals surface area contributed by atoms with Gasteiger partial charge in [0, 0.05) is 148 Å². The fourth-order valence-electron chi connectivity index (χ4n) is 5.95. The SMILES string of the molecule is C1CCC2=NCCCN2CC1.C1CCOCC1.C1CN=C2NCCCN2C1.CN1CCCN2CCCN=C12.[2H][B].[2H][B].[2H][B][3H].[3H]C.[U]. The summed E-state index contributed by atoms with van der Waals surface area (Å²) >= 11 is 0. The molecule has 0 aromatic heterocycles. The summed E-state index contributed by atoms with van der Waals surface area (Å²) in [5, 5.41) is 3.30. The minimum Gasteiger partial charge on any atom is -0.381 e. The molecule has 7 rings (SSSR count). The molecule has 0 amide bonds. The molecule has 0 spiro atoms. The van der Waals surface area contributed by atoms with Crippen LogP contribution in [0.3, 0.4) is 0 Å². The van der Waals surface area contributed by atoms with Crippen LogP contribution in [0.25, 0.3) is 0 Å². The summed E-state index contributed by atoms with van der Waals surface area (Å²) in [6, 6.07) is 0. The van der Waals surface area contributed by atoms with Crippen molar-refractivity contribution in [2.24, 2.45) is 15.0 Å². The first-order valence-electron chi connectivity index (χ1n) is 19.0. The van der Waals surface area contributed by atoms with Gasteiger partial charge in [-0.25, -0.2) is 0 Å². The average Bonchev–Trinajstić information content (AvgIpc) is 3.42. The molecule has 0 bridgehead atoms. The number of fused-ring (bicyclic) bond motifs is 3. The van der Waals surface area contributed by atoms with Gasteiger partial charge in [-0.2, -0.15) is 0 Å². The molecule has 7 aliphatic rings. The van der Waals surface area contributed by atoms with Gasteiger partial charge in [0.2, 0.25) is 0 Å². The van der Waals surface area contributed by atoms with E-state index in [0.717, 1.165) is 45.4 Å². The Morgan fingerprint density at radius 1 is 0.767 bits per heavy atom. The first kappa shape index (κ1) is 35.1. The Hall–Kier alpha value is -0.783. The van der Waals surface area contributed by atoms with Crippen LogP contribution >= 0.6 is 0 Å². The molecule has 43 heavy (non-hydrogen) atoms. The van der Waals surface area contributed by atoms with E-state index in [9.17, 15) is 0 Å². The smallest absolute Gasteiger partial charge is 0.196 e. The molecule has 7 heterocycles. The average molecular weight is 828 g/mol. The standard InChI is InChI=1S/C9H16N2.C8H15N3.C7H13N3.C5H10O.CH4.BH2.2BH.U/c1-2-5-9-10-6-4-8-11(9)7-3-1;1-10-5-3-7-11-6-2-4-9-8(10)11;1-3-8-7-9-4-2-6-10(7)5-1;1-2-4-6-5-3-1;;;;;/h1-8H2;2-7H2,1H3;1-6H2,(H,8,9);1-5H2;1H4;1H2;2*1H;/i;;;;1T;1TD;2*1D;. The molecule has 1 N–H and O–H groups in total. The second-order valence-electron chi connectivity index (χ2n) is 11.2. The van der Waals surface area contributed by atoms with Gasteiger partial charge < -0.3 is 29.7 Å². The van der Waals surface area contributed by atoms with Crippen molar-refractivity contribution in [3.63, 3.8) is 0 Å². The molecule has 4 fully saturated rings. The number of nitrogens with zero attached hydrogens (tertiary/aromatic N) is 7. The van der Waals surface area contributed by atoms with E-state index in [1.807, 2.05) is 0 Å². The fourth-order valence-corrected chi connectivity index (χ4v) is 5.95. The molecule has 241 valence electrons. The van der Waals surface area contributed by atoms with Crippen molar-refractivity contribution in [1.82, 2.24) is 24.9 Å². The molecule has 0 aromatic carbocycles. The Labute approximate surface area is 300 Å². The number of aliphatic imine (C=N–C) groups is 3. The molecule has 0 unspecified atom stereocenters. The van der Waals surface area contributed by atoms with Gasteiger partial charge in [-0.15, -0.1) is 0 Å². The summed E-state index contributed by atoms with van der Waals surface area (Å²) in [5.41, 5.74) is 0. The first-order chi connectivity index (χ1) is 23.2. The molecular weight excluding hydrogens is 759 g/mol. The number of hydrogen-bond acceptors (Lipinski definition) is 9. The van der Waals surface area contributed by atoms with Crippen molar-refractivity contribution in [1.29, 1.82) is 5.34 Å². The number of guanidine groups is 2. The van der Waals surface area contributed by atoms with Crippen molar-refractivity contribution in [3.05, 3.63) is 0 Å².